The van der Waals surface area contributed by atoms with Crippen LogP contribution < -0.4 is 10.6 Å². The zero-order chi connectivity index (χ0) is 21.3. The van der Waals surface area contributed by atoms with Crippen molar-refractivity contribution < 1.29 is 14.7 Å². The van der Waals surface area contributed by atoms with Crippen LogP contribution in [0.15, 0.2) is 54.6 Å². The van der Waals surface area contributed by atoms with Gasteiger partial charge in [0.2, 0.25) is 0 Å². The number of allylic oxidation sites excluding steroid dienone is 2. The molecule has 4 rings (SSSR count). The van der Waals surface area contributed by atoms with Crippen molar-refractivity contribution in [2.75, 3.05) is 11.9 Å². The van der Waals surface area contributed by atoms with Gasteiger partial charge >= 0.3 is 5.97 Å². The molecule has 1 heterocycles. The lowest BCUT2D eigenvalue weighted by Gasteiger charge is -2.37. The van der Waals surface area contributed by atoms with Crippen LogP contribution in [0.5, 0.6) is 0 Å². The van der Waals surface area contributed by atoms with E-state index in [0.29, 0.717) is 17.4 Å². The minimum Gasteiger partial charge on any atom is -0.481 e. The van der Waals surface area contributed by atoms with Gasteiger partial charge in [-0.2, -0.15) is 0 Å². The maximum absolute atomic E-state index is 12.4. The number of anilines is 1. The summed E-state index contributed by atoms with van der Waals surface area (Å²) >= 11 is 0. The maximum Gasteiger partial charge on any atom is 0.305 e. The number of carboxylic acid groups (broad SMARTS) is 1. The third-order valence-electron chi connectivity index (χ3n) is 6.21. The molecule has 3 unspecified atom stereocenters. The summed E-state index contributed by atoms with van der Waals surface area (Å²) in [7, 11) is 0. The standard InChI is InChI=1S/C25H28N2O3/c1-15(2)16-6-8-17(9-7-16)24-20-5-3-4-19(20)21-14-18(10-11-22(21)27-24)25(30)26-13-12-23(28)29/h3-4,6-11,14-15,19-20,24,27H,5,12-13H2,1-2H3,(H,26,30)(H,28,29). The van der Waals surface area contributed by atoms with E-state index in [-0.39, 0.29) is 30.8 Å². The Kier molecular flexibility index (Phi) is 5.62. The second-order valence-electron chi connectivity index (χ2n) is 8.50. The smallest absolute Gasteiger partial charge is 0.305 e. The molecule has 0 saturated heterocycles. The molecule has 1 aliphatic heterocycles. The van der Waals surface area contributed by atoms with Gasteiger partial charge < -0.3 is 15.7 Å². The Bertz CT molecular complexity index is 978. The molecule has 5 heteroatoms. The van der Waals surface area contributed by atoms with Gasteiger partial charge in [-0.1, -0.05) is 50.3 Å². The highest BCUT2D eigenvalue weighted by molar-refractivity contribution is 5.95. The van der Waals surface area contributed by atoms with Gasteiger partial charge in [0.25, 0.3) is 5.91 Å². The first kappa shape index (κ1) is 20.2. The summed E-state index contributed by atoms with van der Waals surface area (Å²) in [6.45, 7) is 4.54. The van der Waals surface area contributed by atoms with Crippen LogP contribution in [0.3, 0.4) is 0 Å². The number of benzene rings is 2. The molecule has 2 aliphatic rings. The van der Waals surface area contributed by atoms with E-state index in [9.17, 15) is 9.59 Å². The molecule has 0 fully saturated rings. The van der Waals surface area contributed by atoms with Gasteiger partial charge in [-0.05, 0) is 53.1 Å². The number of hydrogen-bond acceptors (Lipinski definition) is 3. The molecule has 3 atom stereocenters. The summed E-state index contributed by atoms with van der Waals surface area (Å²) in [4.78, 5) is 23.1. The lowest BCUT2D eigenvalue weighted by atomic mass is 9.76. The molecular formula is C25H28N2O3. The van der Waals surface area contributed by atoms with E-state index in [2.05, 4.69) is 60.9 Å². The molecular weight excluding hydrogens is 376 g/mol. The quantitative estimate of drug-likeness (QED) is 0.602. The van der Waals surface area contributed by atoms with Crippen LogP contribution in [0, 0.1) is 5.92 Å². The van der Waals surface area contributed by atoms with E-state index in [0.717, 1.165) is 17.7 Å². The van der Waals surface area contributed by atoms with Crippen molar-refractivity contribution in [3.63, 3.8) is 0 Å². The average Bonchev–Trinajstić information content (AvgIpc) is 3.23. The van der Waals surface area contributed by atoms with Gasteiger partial charge in [0.15, 0.2) is 0 Å². The molecule has 0 aromatic heterocycles. The number of aliphatic carboxylic acids is 1. The van der Waals surface area contributed by atoms with Crippen LogP contribution in [0.25, 0.3) is 0 Å². The Balaban J connectivity index is 1.57. The molecule has 5 nitrogen and oxygen atoms in total. The van der Waals surface area contributed by atoms with E-state index in [1.165, 1.54) is 11.1 Å². The number of nitrogens with one attached hydrogen (secondary N) is 2. The van der Waals surface area contributed by atoms with E-state index in [1.807, 2.05) is 12.1 Å². The molecule has 0 spiro atoms. The van der Waals surface area contributed by atoms with Crippen LogP contribution in [-0.4, -0.2) is 23.5 Å². The first-order valence-electron chi connectivity index (χ1n) is 10.6. The summed E-state index contributed by atoms with van der Waals surface area (Å²) in [6, 6.07) is 14.9. The van der Waals surface area contributed by atoms with Crippen LogP contribution >= 0.6 is 0 Å². The van der Waals surface area contributed by atoms with Crippen LogP contribution in [0.2, 0.25) is 0 Å². The van der Waals surface area contributed by atoms with Gasteiger partial charge in [-0.3, -0.25) is 9.59 Å². The van der Waals surface area contributed by atoms with Gasteiger partial charge in [-0.25, -0.2) is 0 Å². The lowest BCUT2D eigenvalue weighted by molar-refractivity contribution is -0.136. The second-order valence-corrected chi connectivity index (χ2v) is 8.50. The van der Waals surface area contributed by atoms with Crippen LogP contribution in [-0.2, 0) is 4.79 Å². The van der Waals surface area contributed by atoms with Crippen molar-refractivity contribution in [3.05, 3.63) is 76.9 Å². The highest BCUT2D eigenvalue weighted by Gasteiger charge is 2.38. The van der Waals surface area contributed by atoms with E-state index in [4.69, 9.17) is 5.11 Å². The molecule has 3 N–H and O–H groups in total. The predicted octanol–water partition coefficient (Wildman–Crippen LogP) is 4.84. The highest BCUT2D eigenvalue weighted by Crippen LogP contribution is 2.50. The SMILES string of the molecule is CC(C)c1ccc(C2Nc3ccc(C(=O)NCCC(=O)O)cc3C3C=CCC32)cc1. The Morgan fingerprint density at radius 2 is 1.93 bits per heavy atom. The molecule has 2 aromatic rings. The van der Waals surface area contributed by atoms with E-state index < -0.39 is 5.97 Å². The Morgan fingerprint density at radius 3 is 2.63 bits per heavy atom. The summed E-state index contributed by atoms with van der Waals surface area (Å²) in [5.41, 5.74) is 5.39. The number of fused-ring (bicyclic) bond motifs is 3. The molecule has 2 aromatic carbocycles. The Hall–Kier alpha value is -3.08. The average molecular weight is 405 g/mol. The minimum absolute atomic E-state index is 0.0804. The molecule has 1 aliphatic carbocycles. The second kappa shape index (κ2) is 8.34. The largest absolute Gasteiger partial charge is 0.481 e. The number of amides is 1. The topological polar surface area (TPSA) is 78.4 Å². The van der Waals surface area contributed by atoms with Crippen molar-refractivity contribution in [1.82, 2.24) is 5.32 Å². The Morgan fingerprint density at radius 1 is 1.17 bits per heavy atom. The number of carboxylic acids is 1. The van der Waals surface area contributed by atoms with Crippen molar-refractivity contribution in [2.45, 2.75) is 44.6 Å². The van der Waals surface area contributed by atoms with E-state index in [1.54, 1.807) is 6.07 Å². The lowest BCUT2D eigenvalue weighted by Crippen LogP contribution is -2.30. The normalized spacial score (nSPS) is 21.6. The zero-order valence-corrected chi connectivity index (χ0v) is 17.4. The fourth-order valence-electron chi connectivity index (χ4n) is 4.54. The number of carbonyl (C=O) groups excluding carboxylic acids is 1. The van der Waals surface area contributed by atoms with Crippen molar-refractivity contribution >= 4 is 17.6 Å². The van der Waals surface area contributed by atoms with E-state index >= 15 is 0 Å². The monoisotopic (exact) mass is 404 g/mol. The number of rotatable bonds is 6. The third kappa shape index (κ3) is 3.97. The first-order valence-corrected chi connectivity index (χ1v) is 10.6. The summed E-state index contributed by atoms with van der Waals surface area (Å²) in [5.74, 6) is 0.0379. The number of hydrogen-bond donors (Lipinski definition) is 3. The van der Waals surface area contributed by atoms with Crippen LogP contribution in [0.4, 0.5) is 5.69 Å². The van der Waals surface area contributed by atoms with Gasteiger partial charge in [0.1, 0.15) is 0 Å². The molecule has 0 saturated carbocycles. The number of carbonyl (C=O) groups is 2. The molecule has 0 radical (unpaired) electrons. The predicted molar refractivity (Wildman–Crippen MR) is 118 cm³/mol. The minimum atomic E-state index is -0.920. The van der Waals surface area contributed by atoms with Crippen molar-refractivity contribution in [3.8, 4) is 0 Å². The molecule has 1 amide bonds. The van der Waals surface area contributed by atoms with Gasteiger partial charge in [0.05, 0.1) is 12.5 Å². The van der Waals surface area contributed by atoms with Gasteiger partial charge in [0, 0.05) is 23.7 Å². The van der Waals surface area contributed by atoms with Crippen molar-refractivity contribution in [1.29, 1.82) is 0 Å². The Labute approximate surface area is 177 Å². The fraction of sp³-hybridized carbons (Fsp3) is 0.360. The molecule has 30 heavy (non-hydrogen) atoms. The molecule has 156 valence electrons. The summed E-state index contributed by atoms with van der Waals surface area (Å²) < 4.78 is 0. The van der Waals surface area contributed by atoms with Crippen molar-refractivity contribution in [2.24, 2.45) is 5.92 Å². The first-order chi connectivity index (χ1) is 14.4. The van der Waals surface area contributed by atoms with Crippen LogP contribution in [0.1, 0.15) is 71.6 Å². The zero-order valence-electron chi connectivity index (χ0n) is 17.4. The fourth-order valence-corrected chi connectivity index (χ4v) is 4.54. The molecule has 0 bridgehead atoms. The van der Waals surface area contributed by atoms with Gasteiger partial charge in [-0.15, -0.1) is 0 Å². The summed E-state index contributed by atoms with van der Waals surface area (Å²) in [5, 5.41) is 15.1. The summed E-state index contributed by atoms with van der Waals surface area (Å²) in [6.07, 6.45) is 5.42. The highest BCUT2D eigenvalue weighted by atomic mass is 16.4. The maximum atomic E-state index is 12.4. The third-order valence-corrected chi connectivity index (χ3v) is 6.21.